The minimum absolute atomic E-state index is 0.116. The van der Waals surface area contributed by atoms with Crippen LogP contribution in [-0.2, 0) is 14.3 Å². The van der Waals surface area contributed by atoms with Crippen molar-refractivity contribution in [2.45, 2.75) is 25.9 Å². The predicted molar refractivity (Wildman–Crippen MR) is 73.4 cm³/mol. The van der Waals surface area contributed by atoms with Crippen molar-refractivity contribution in [3.05, 3.63) is 0 Å². The number of alkyl halides is 3. The van der Waals surface area contributed by atoms with Gasteiger partial charge in [0.05, 0.1) is 19.1 Å². The Morgan fingerprint density at radius 3 is 2.35 bits per heavy atom. The molecule has 0 aromatic carbocycles. The number of carbonyl (C=O) groups excluding carboxylic acids is 3. The first-order valence-electron chi connectivity index (χ1n) is 7.24. The third-order valence-corrected chi connectivity index (χ3v) is 3.28. The van der Waals surface area contributed by atoms with Crippen LogP contribution in [-0.4, -0.2) is 61.8 Å². The number of carbonyl (C=O) groups is 3. The van der Waals surface area contributed by atoms with Crippen molar-refractivity contribution in [3.8, 4) is 0 Å². The van der Waals surface area contributed by atoms with E-state index in [1.807, 2.05) is 5.32 Å². The molecule has 0 bridgehead atoms. The largest absolute Gasteiger partial charge is 0.466 e. The molecule has 0 atom stereocenters. The van der Waals surface area contributed by atoms with Gasteiger partial charge in [-0.2, -0.15) is 13.2 Å². The van der Waals surface area contributed by atoms with Crippen molar-refractivity contribution in [1.29, 1.82) is 0 Å². The first-order chi connectivity index (χ1) is 10.7. The minimum Gasteiger partial charge on any atom is -0.466 e. The second-order valence-corrected chi connectivity index (χ2v) is 5.15. The Morgan fingerprint density at radius 2 is 1.83 bits per heavy atom. The number of imide groups is 1. The normalized spacial score (nSPS) is 16.7. The average molecular weight is 339 g/mol. The number of esters is 1. The Bertz CT molecular complexity index is 435. The lowest BCUT2D eigenvalue weighted by Gasteiger charge is -2.30. The van der Waals surface area contributed by atoms with E-state index >= 15 is 0 Å². The van der Waals surface area contributed by atoms with Gasteiger partial charge in [0, 0.05) is 0 Å². The van der Waals surface area contributed by atoms with Gasteiger partial charge in [-0.15, -0.1) is 0 Å². The number of ether oxygens (including phenoxy) is 1. The summed E-state index contributed by atoms with van der Waals surface area (Å²) in [6.07, 6.45) is -3.46. The zero-order chi connectivity index (χ0) is 17.5. The highest BCUT2D eigenvalue weighted by Crippen LogP contribution is 2.18. The number of nitrogens with one attached hydrogen (secondary N) is 2. The van der Waals surface area contributed by atoms with Crippen LogP contribution >= 0.6 is 0 Å². The molecule has 0 unspecified atom stereocenters. The first kappa shape index (κ1) is 19.2. The third kappa shape index (κ3) is 7.82. The number of nitrogens with zero attached hydrogens (tertiary/aromatic N) is 1. The van der Waals surface area contributed by atoms with E-state index in [0.29, 0.717) is 32.5 Å². The van der Waals surface area contributed by atoms with Gasteiger partial charge in [-0.25, -0.2) is 4.79 Å². The van der Waals surface area contributed by atoms with Crippen LogP contribution in [0.3, 0.4) is 0 Å². The molecule has 1 fully saturated rings. The number of amides is 3. The second-order valence-electron chi connectivity index (χ2n) is 5.15. The number of likely N-dealkylation sites (tertiary alicyclic amines) is 1. The Kier molecular flexibility index (Phi) is 7.27. The van der Waals surface area contributed by atoms with Gasteiger partial charge in [0.1, 0.15) is 6.54 Å². The molecule has 0 aromatic rings. The summed E-state index contributed by atoms with van der Waals surface area (Å²) in [4.78, 5) is 36.0. The summed E-state index contributed by atoms with van der Waals surface area (Å²) in [7, 11) is 0. The van der Waals surface area contributed by atoms with Gasteiger partial charge in [0.2, 0.25) is 5.91 Å². The molecule has 2 N–H and O–H groups in total. The lowest BCUT2D eigenvalue weighted by atomic mass is 9.97. The van der Waals surface area contributed by atoms with Crippen LogP contribution in [0.25, 0.3) is 0 Å². The number of halogens is 3. The Morgan fingerprint density at radius 1 is 1.22 bits per heavy atom. The third-order valence-electron chi connectivity index (χ3n) is 3.28. The number of hydrogen-bond acceptors (Lipinski definition) is 5. The van der Waals surface area contributed by atoms with Gasteiger partial charge in [0.15, 0.2) is 0 Å². The van der Waals surface area contributed by atoms with Crippen molar-refractivity contribution in [3.63, 3.8) is 0 Å². The van der Waals surface area contributed by atoms with Crippen LogP contribution in [0, 0.1) is 5.92 Å². The molecule has 1 aliphatic rings. The molecular formula is C13H20F3N3O4. The molecule has 0 aromatic heterocycles. The quantitative estimate of drug-likeness (QED) is 0.718. The van der Waals surface area contributed by atoms with Gasteiger partial charge in [-0.05, 0) is 32.9 Å². The van der Waals surface area contributed by atoms with Gasteiger partial charge >= 0.3 is 18.2 Å². The molecule has 1 rings (SSSR count). The van der Waals surface area contributed by atoms with Gasteiger partial charge in [0.25, 0.3) is 0 Å². The topological polar surface area (TPSA) is 87.7 Å². The van der Waals surface area contributed by atoms with Crippen LogP contribution in [0.15, 0.2) is 0 Å². The number of urea groups is 1. The van der Waals surface area contributed by atoms with E-state index in [4.69, 9.17) is 4.74 Å². The molecule has 10 heteroatoms. The van der Waals surface area contributed by atoms with Crippen LogP contribution < -0.4 is 10.6 Å². The van der Waals surface area contributed by atoms with Crippen LogP contribution in [0.5, 0.6) is 0 Å². The van der Waals surface area contributed by atoms with E-state index in [9.17, 15) is 27.6 Å². The number of rotatable bonds is 5. The number of piperidine rings is 1. The summed E-state index contributed by atoms with van der Waals surface area (Å²) in [5, 5.41) is 3.38. The second kappa shape index (κ2) is 8.70. The van der Waals surface area contributed by atoms with Gasteiger partial charge in [-0.1, -0.05) is 0 Å². The van der Waals surface area contributed by atoms with Crippen LogP contribution in [0.1, 0.15) is 19.8 Å². The summed E-state index contributed by atoms with van der Waals surface area (Å²) >= 11 is 0. The molecule has 7 nitrogen and oxygen atoms in total. The van der Waals surface area contributed by atoms with Crippen LogP contribution in [0.4, 0.5) is 18.0 Å². The molecule has 132 valence electrons. The zero-order valence-corrected chi connectivity index (χ0v) is 12.7. The monoisotopic (exact) mass is 339 g/mol. The maximum Gasteiger partial charge on any atom is 0.405 e. The summed E-state index contributed by atoms with van der Waals surface area (Å²) in [5.41, 5.74) is 0. The summed E-state index contributed by atoms with van der Waals surface area (Å²) in [6, 6.07) is -1.19. The van der Waals surface area contributed by atoms with E-state index in [1.54, 1.807) is 17.1 Å². The van der Waals surface area contributed by atoms with Crippen molar-refractivity contribution in [1.82, 2.24) is 15.5 Å². The molecule has 1 heterocycles. The average Bonchev–Trinajstić information content (AvgIpc) is 2.45. The lowest BCUT2D eigenvalue weighted by molar-refractivity contribution is -0.149. The van der Waals surface area contributed by atoms with Crippen molar-refractivity contribution >= 4 is 17.9 Å². The molecule has 23 heavy (non-hydrogen) atoms. The Hall–Kier alpha value is -1.84. The van der Waals surface area contributed by atoms with E-state index < -0.39 is 24.7 Å². The molecule has 0 aliphatic carbocycles. The standard InChI is InChI=1S/C13H20F3N3O4/c1-2-23-11(21)9-3-5-19(6-4-9)7-10(20)18-12(22)17-8-13(14,15)16/h9H,2-8H2,1H3,(H2,17,18,20,22). The summed E-state index contributed by atoms with van der Waals surface area (Å²) in [5.74, 6) is -1.16. The minimum atomic E-state index is -4.53. The smallest absolute Gasteiger partial charge is 0.405 e. The van der Waals surface area contributed by atoms with E-state index in [2.05, 4.69) is 0 Å². The maximum absolute atomic E-state index is 11.9. The summed E-state index contributed by atoms with van der Waals surface area (Å²) in [6.45, 7) is 1.36. The molecule has 0 saturated carbocycles. The maximum atomic E-state index is 11.9. The summed E-state index contributed by atoms with van der Waals surface area (Å²) < 4.78 is 40.7. The Balaban J connectivity index is 2.26. The molecule has 0 radical (unpaired) electrons. The van der Waals surface area contributed by atoms with Gasteiger partial charge in [-0.3, -0.25) is 19.8 Å². The SMILES string of the molecule is CCOC(=O)C1CCN(CC(=O)NC(=O)NCC(F)(F)F)CC1. The van der Waals surface area contributed by atoms with Crippen molar-refractivity contribution in [2.75, 3.05) is 32.8 Å². The molecule has 1 aliphatic heterocycles. The fraction of sp³-hybridized carbons (Fsp3) is 0.769. The highest BCUT2D eigenvalue weighted by atomic mass is 19.4. The predicted octanol–water partition coefficient (Wildman–Crippen LogP) is 0.650. The molecule has 0 spiro atoms. The van der Waals surface area contributed by atoms with E-state index in [1.165, 1.54) is 0 Å². The highest BCUT2D eigenvalue weighted by Gasteiger charge is 2.29. The fourth-order valence-electron chi connectivity index (χ4n) is 2.18. The molecule has 1 saturated heterocycles. The molecule has 3 amide bonds. The fourth-order valence-corrected chi connectivity index (χ4v) is 2.18. The highest BCUT2D eigenvalue weighted by molar-refractivity contribution is 5.95. The van der Waals surface area contributed by atoms with Gasteiger partial charge < -0.3 is 10.1 Å². The number of hydrogen-bond donors (Lipinski definition) is 2. The first-order valence-corrected chi connectivity index (χ1v) is 7.24. The van der Waals surface area contributed by atoms with E-state index in [0.717, 1.165) is 0 Å². The Labute approximate surface area is 131 Å². The zero-order valence-electron chi connectivity index (χ0n) is 12.7. The van der Waals surface area contributed by atoms with E-state index in [-0.39, 0.29) is 18.4 Å². The van der Waals surface area contributed by atoms with Crippen molar-refractivity contribution in [2.24, 2.45) is 5.92 Å². The lowest BCUT2D eigenvalue weighted by Crippen LogP contribution is -2.48. The molecular weight excluding hydrogens is 319 g/mol. The van der Waals surface area contributed by atoms with Crippen molar-refractivity contribution < 1.29 is 32.3 Å². The van der Waals surface area contributed by atoms with Crippen LogP contribution in [0.2, 0.25) is 0 Å².